The molecule has 1 amide bonds. The average molecular weight is 1160 g/mol. The molecule has 3 aromatic heterocycles. The van der Waals surface area contributed by atoms with E-state index in [4.69, 9.17) is 33.6 Å². The van der Waals surface area contributed by atoms with Gasteiger partial charge in [0.25, 0.3) is 8.32 Å². The van der Waals surface area contributed by atoms with Crippen LogP contribution in [0.25, 0.3) is 32.9 Å². The zero-order chi connectivity index (χ0) is 59.4. The molecule has 20 heteroatoms. The van der Waals surface area contributed by atoms with Crippen molar-refractivity contribution < 1.29 is 45.4 Å². The van der Waals surface area contributed by atoms with E-state index in [0.29, 0.717) is 67.4 Å². The maximum atomic E-state index is 18.6. The molecule has 2 saturated heterocycles. The Morgan fingerprint density at radius 1 is 0.778 bits per heavy atom. The number of carbonyl (C=O) groups excluding carboxylic acids is 1. The Labute approximate surface area is 478 Å². The third kappa shape index (κ3) is 14.1. The summed E-state index contributed by atoms with van der Waals surface area (Å²) in [6.07, 6.45) is 2.09. The maximum Gasteiger partial charge on any atom is 0.433 e. The van der Waals surface area contributed by atoms with Gasteiger partial charge >= 0.3 is 18.3 Å². The number of anilines is 1. The maximum absolute atomic E-state index is 18.6. The lowest BCUT2D eigenvalue weighted by molar-refractivity contribution is -0.141. The molecule has 5 heterocycles. The van der Waals surface area contributed by atoms with Crippen molar-refractivity contribution in [2.24, 2.45) is 5.92 Å². The summed E-state index contributed by atoms with van der Waals surface area (Å²) < 4.78 is 101. The Bertz CT molecular complexity index is 3030. The van der Waals surface area contributed by atoms with Crippen molar-refractivity contribution in [1.82, 2.24) is 35.2 Å². The third-order valence-corrected chi connectivity index (χ3v) is 28.8. The summed E-state index contributed by atoms with van der Waals surface area (Å²) in [7, 11) is -5.02. The van der Waals surface area contributed by atoms with Crippen LogP contribution in [0, 0.1) is 29.0 Å². The van der Waals surface area contributed by atoms with Crippen LogP contribution in [0.2, 0.25) is 33.2 Å². The number of carbonyl (C=O) groups is 1. The zero-order valence-electron chi connectivity index (χ0n) is 50.2. The van der Waals surface area contributed by atoms with E-state index in [0.717, 1.165) is 31.7 Å². The highest BCUT2D eigenvalue weighted by Gasteiger charge is 2.47. The van der Waals surface area contributed by atoms with Gasteiger partial charge < -0.3 is 24.0 Å². The Kier molecular flexibility index (Phi) is 20.1. The standard InChI is InChI=1S/C61H85F5N8O5Si2/c1-37(2)80(38(3)4,39(5)6)29-25-47-50(62)24-22-44-30-46(79-81(40(7)8,41(9)10)42(11)12)31-48(53(44)47)55-54(63)56-49(33-68-55)57(73-27-17-16-18-28-74(73)59(75)78-60(13,14)15)72-58(71-56)77-34-43-20-19-26-67-45(23-21-43)35-76-52-32-51(61(64,65)66)69-36-70-52/h22,24,30-33,36-43,45,67H,16-21,23,26-28,34-35H2,1-15H3. The van der Waals surface area contributed by atoms with E-state index in [2.05, 4.69) is 110 Å². The Morgan fingerprint density at radius 2 is 1.46 bits per heavy atom. The second-order valence-corrected chi connectivity index (χ2v) is 35.9. The van der Waals surface area contributed by atoms with Gasteiger partial charge in [-0.2, -0.15) is 23.1 Å². The van der Waals surface area contributed by atoms with Gasteiger partial charge in [0.2, 0.25) is 5.88 Å². The highest BCUT2D eigenvalue weighted by Crippen LogP contribution is 2.47. The van der Waals surface area contributed by atoms with Crippen LogP contribution in [0.1, 0.15) is 160 Å². The molecule has 2 aromatic carbocycles. The summed E-state index contributed by atoms with van der Waals surface area (Å²) in [6, 6.07) is 7.33. The number of hydrogen-bond acceptors (Lipinski definition) is 12. The van der Waals surface area contributed by atoms with Crippen LogP contribution in [-0.4, -0.2) is 96.9 Å². The van der Waals surface area contributed by atoms with Gasteiger partial charge in [-0.05, 0) is 135 Å². The molecule has 81 heavy (non-hydrogen) atoms. The highest BCUT2D eigenvalue weighted by atomic mass is 28.4. The lowest BCUT2D eigenvalue weighted by Crippen LogP contribution is -2.50. The fourth-order valence-electron chi connectivity index (χ4n) is 12.7. The summed E-state index contributed by atoms with van der Waals surface area (Å²) in [6.45, 7) is 33.3. The largest absolute Gasteiger partial charge is 0.543 e. The number of benzene rings is 2. The van der Waals surface area contributed by atoms with E-state index < -0.39 is 51.6 Å². The number of nitrogens with zero attached hydrogens (tertiary/aromatic N) is 7. The number of alkyl halides is 3. The minimum absolute atomic E-state index is 0.0203. The first kappa shape index (κ1) is 62.9. The fraction of sp³-hybridized carbons (Fsp3) is 0.607. The van der Waals surface area contributed by atoms with Crippen molar-refractivity contribution in [2.75, 3.05) is 37.9 Å². The number of halogens is 5. The van der Waals surface area contributed by atoms with Crippen LogP contribution >= 0.6 is 0 Å². The van der Waals surface area contributed by atoms with E-state index in [9.17, 15) is 18.0 Å². The molecule has 7 rings (SSSR count). The molecule has 5 aromatic rings. The molecule has 2 aliphatic rings. The van der Waals surface area contributed by atoms with E-state index in [1.165, 1.54) is 17.3 Å². The van der Waals surface area contributed by atoms with Crippen molar-refractivity contribution in [1.29, 1.82) is 0 Å². The lowest BCUT2D eigenvalue weighted by Gasteiger charge is -2.42. The molecule has 0 spiro atoms. The van der Waals surface area contributed by atoms with Crippen LogP contribution in [0.5, 0.6) is 17.6 Å². The summed E-state index contributed by atoms with van der Waals surface area (Å²) in [5, 5.41) is 7.92. The molecule has 1 N–H and O–H groups in total. The number of nitrogens with one attached hydrogen (secondary N) is 1. The monoisotopic (exact) mass is 1160 g/mol. The molecule has 2 aliphatic heterocycles. The van der Waals surface area contributed by atoms with Gasteiger partial charge in [-0.3, -0.25) is 9.99 Å². The molecular weight excluding hydrogens is 1080 g/mol. The van der Waals surface area contributed by atoms with E-state index in [1.54, 1.807) is 37.9 Å². The first-order valence-electron chi connectivity index (χ1n) is 29.1. The number of aromatic nitrogens is 5. The second-order valence-electron chi connectivity index (χ2n) is 25.0. The normalized spacial score (nSPS) is 17.3. The first-order chi connectivity index (χ1) is 38.1. The van der Waals surface area contributed by atoms with Crippen molar-refractivity contribution in [3.63, 3.8) is 0 Å². The number of fused-ring (bicyclic) bond motifs is 2. The van der Waals surface area contributed by atoms with Gasteiger partial charge in [0.05, 0.1) is 17.6 Å². The average Bonchev–Trinajstić information content (AvgIpc) is 3.68. The van der Waals surface area contributed by atoms with Gasteiger partial charge in [-0.25, -0.2) is 28.6 Å². The van der Waals surface area contributed by atoms with Gasteiger partial charge in [0.15, 0.2) is 17.3 Å². The number of rotatable bonds is 16. The quantitative estimate of drug-likeness (QED) is 0.0572. The molecule has 0 radical (unpaired) electrons. The number of ether oxygens (including phenoxy) is 3. The molecule has 13 nitrogen and oxygen atoms in total. The zero-order valence-corrected chi connectivity index (χ0v) is 52.2. The molecule has 2 atom stereocenters. The number of hydrazine groups is 1. The summed E-state index contributed by atoms with van der Waals surface area (Å²) in [5.41, 5.74) is 3.49. The van der Waals surface area contributed by atoms with Crippen molar-refractivity contribution in [3.05, 3.63) is 65.7 Å². The topological polar surface area (TPSA) is 137 Å². The first-order valence-corrected chi connectivity index (χ1v) is 33.5. The van der Waals surface area contributed by atoms with E-state index in [1.807, 2.05) is 6.07 Å². The molecule has 0 saturated carbocycles. The molecule has 0 bridgehead atoms. The molecule has 442 valence electrons. The highest BCUT2D eigenvalue weighted by molar-refractivity contribution is 6.90. The fourth-order valence-corrected chi connectivity index (χ4v) is 23.2. The van der Waals surface area contributed by atoms with Crippen molar-refractivity contribution >= 4 is 50.0 Å². The second kappa shape index (κ2) is 25.9. The minimum Gasteiger partial charge on any atom is -0.543 e. The number of pyridine rings is 1. The Hall–Kier alpha value is -5.66. The van der Waals surface area contributed by atoms with Crippen LogP contribution in [-0.2, 0) is 10.9 Å². The SMILES string of the molecule is CC(C)[Si](C#Cc1c(F)ccc2cc(O[Si](C(C)C)(C(C)C)C(C)C)cc(-c3ncc4c(N5CCCCCN5C(=O)OC(C)(C)C)nc(OCC5CCCNC(COc6cc(C(F)(F)F)ncn6)CC5)nc4c3F)c12)(C(C)C)C(C)C. The number of hydrogen-bond donors (Lipinski definition) is 1. The van der Waals surface area contributed by atoms with Crippen LogP contribution in [0.4, 0.5) is 32.6 Å². The van der Waals surface area contributed by atoms with Crippen molar-refractivity contribution in [3.8, 4) is 40.4 Å². The van der Waals surface area contributed by atoms with Gasteiger partial charge in [0.1, 0.15) is 49.4 Å². The summed E-state index contributed by atoms with van der Waals surface area (Å²) >= 11 is 0. The molecule has 0 aliphatic carbocycles. The van der Waals surface area contributed by atoms with Gasteiger partial charge in [0, 0.05) is 42.3 Å². The molecule has 2 unspecified atom stereocenters. The number of amides is 1. The van der Waals surface area contributed by atoms with Crippen LogP contribution < -0.4 is 24.2 Å². The van der Waals surface area contributed by atoms with Gasteiger partial charge in [-0.15, -0.1) is 5.54 Å². The smallest absolute Gasteiger partial charge is 0.433 e. The van der Waals surface area contributed by atoms with Crippen molar-refractivity contribution in [2.45, 2.75) is 200 Å². The summed E-state index contributed by atoms with van der Waals surface area (Å²) in [4.78, 5) is 36.1. The van der Waals surface area contributed by atoms with E-state index >= 15 is 8.78 Å². The predicted octanol–water partition coefficient (Wildman–Crippen LogP) is 15.8. The Balaban J connectivity index is 1.39. The van der Waals surface area contributed by atoms with Crippen LogP contribution in [0.15, 0.2) is 42.9 Å². The predicted molar refractivity (Wildman–Crippen MR) is 316 cm³/mol. The van der Waals surface area contributed by atoms with E-state index in [-0.39, 0.29) is 98.3 Å². The molecule has 2 fully saturated rings. The lowest BCUT2D eigenvalue weighted by atomic mass is 9.94. The van der Waals surface area contributed by atoms with Gasteiger partial charge in [-0.1, -0.05) is 95.1 Å². The minimum atomic E-state index is -4.64. The molecular formula is C61H85F5N8O5Si2. The third-order valence-electron chi connectivity index (χ3n) is 16.5. The Morgan fingerprint density at radius 3 is 2.10 bits per heavy atom. The summed E-state index contributed by atoms with van der Waals surface area (Å²) in [5.74, 6) is 2.62. The van der Waals surface area contributed by atoms with Crippen LogP contribution in [0.3, 0.4) is 0 Å².